The van der Waals surface area contributed by atoms with E-state index in [0.29, 0.717) is 5.70 Å². The van der Waals surface area contributed by atoms with E-state index in [0.717, 1.165) is 22.4 Å². The number of ketones is 1. The van der Waals surface area contributed by atoms with E-state index in [4.69, 9.17) is 0 Å². The van der Waals surface area contributed by atoms with Crippen LogP contribution in [0.1, 0.15) is 22.8 Å². The lowest BCUT2D eigenvalue weighted by molar-refractivity contribution is -0.671. The second-order valence-corrected chi connectivity index (χ2v) is 4.75. The highest BCUT2D eigenvalue weighted by atomic mass is 127. The van der Waals surface area contributed by atoms with Crippen molar-refractivity contribution in [1.29, 1.82) is 0 Å². The van der Waals surface area contributed by atoms with Crippen molar-refractivity contribution in [2.45, 2.75) is 6.92 Å². The maximum absolute atomic E-state index is 12.4. The fraction of sp³-hybridized carbons (Fsp3) is 0.125. The Morgan fingerprint density at radius 3 is 2.40 bits per heavy atom. The first-order chi connectivity index (χ1) is 9.16. The molecule has 2 aromatic rings. The van der Waals surface area contributed by atoms with Gasteiger partial charge in [-0.3, -0.25) is 4.79 Å². The van der Waals surface area contributed by atoms with Crippen molar-refractivity contribution in [2.75, 3.05) is 5.32 Å². The first-order valence-corrected chi connectivity index (χ1v) is 6.24. The smallest absolute Gasteiger partial charge is 0.211 e. The molecule has 1 aromatic carbocycles. The molecule has 1 aliphatic heterocycles. The van der Waals surface area contributed by atoms with Crippen LogP contribution in [0, 0.1) is 0 Å². The zero-order chi connectivity index (χ0) is 13.4. The summed E-state index contributed by atoms with van der Waals surface area (Å²) < 4.78 is 1.97. The van der Waals surface area contributed by atoms with Gasteiger partial charge in [0.2, 0.25) is 5.78 Å². The number of pyridine rings is 1. The Morgan fingerprint density at radius 2 is 1.75 bits per heavy atom. The average molecular weight is 378 g/mol. The molecule has 3 nitrogen and oxygen atoms in total. The molecule has 102 valence electrons. The number of nitrogens with one attached hydrogen (secondary N) is 1. The first-order valence-electron chi connectivity index (χ1n) is 6.24. The number of carbonyl (C=O) groups excluding carboxylic acids is 1. The highest BCUT2D eigenvalue weighted by molar-refractivity contribution is 6.21. The summed E-state index contributed by atoms with van der Waals surface area (Å²) in [4.78, 5) is 12.4. The van der Waals surface area contributed by atoms with Crippen LogP contribution in [0.5, 0.6) is 0 Å². The summed E-state index contributed by atoms with van der Waals surface area (Å²) in [5.41, 5.74) is 4.35. The molecule has 0 saturated carbocycles. The molecule has 1 aromatic heterocycles. The van der Waals surface area contributed by atoms with Crippen molar-refractivity contribution in [3.63, 3.8) is 0 Å². The van der Waals surface area contributed by atoms with E-state index in [1.807, 2.05) is 67.3 Å². The zero-order valence-corrected chi connectivity index (χ0v) is 13.5. The molecule has 0 spiro atoms. The van der Waals surface area contributed by atoms with Gasteiger partial charge in [-0.15, -0.1) is 0 Å². The second kappa shape index (κ2) is 5.75. The molecule has 0 aliphatic carbocycles. The summed E-state index contributed by atoms with van der Waals surface area (Å²) in [7, 11) is 1.97. The van der Waals surface area contributed by atoms with Crippen LogP contribution in [0.2, 0.25) is 0 Å². The normalized spacial score (nSPS) is 15.2. The molecule has 0 radical (unpaired) electrons. The predicted molar refractivity (Wildman–Crippen MR) is 74.6 cm³/mol. The minimum atomic E-state index is 0. The third kappa shape index (κ3) is 2.47. The summed E-state index contributed by atoms with van der Waals surface area (Å²) in [5, 5.41) is 3.22. The largest absolute Gasteiger partial charge is 1.00 e. The minimum absolute atomic E-state index is 0. The number of carbonyl (C=O) groups is 1. The molecule has 0 bridgehead atoms. The van der Waals surface area contributed by atoms with Crippen LogP contribution in [0.3, 0.4) is 0 Å². The average Bonchev–Trinajstić information content (AvgIpc) is 2.77. The molecule has 20 heavy (non-hydrogen) atoms. The number of hydrogen-bond donors (Lipinski definition) is 1. The standard InChI is InChI=1S/C16H14N2O.HI/c1-11(12-7-9-18(2)10-8-12)15-16(19)13-5-3-4-6-14(13)17-15;/h3-10H,1-2H3;1H. The van der Waals surface area contributed by atoms with E-state index in [1.165, 1.54) is 0 Å². The van der Waals surface area contributed by atoms with Gasteiger partial charge in [-0.05, 0) is 30.2 Å². The van der Waals surface area contributed by atoms with Crippen molar-refractivity contribution in [3.8, 4) is 0 Å². The van der Waals surface area contributed by atoms with Crippen LogP contribution in [-0.2, 0) is 7.05 Å². The zero-order valence-electron chi connectivity index (χ0n) is 11.4. The molecule has 2 heterocycles. The second-order valence-electron chi connectivity index (χ2n) is 4.75. The van der Waals surface area contributed by atoms with E-state index in [9.17, 15) is 4.79 Å². The Hall–Kier alpha value is -1.69. The number of nitrogens with zero attached hydrogens (tertiary/aromatic N) is 1. The highest BCUT2D eigenvalue weighted by Crippen LogP contribution is 2.31. The van der Waals surface area contributed by atoms with Crippen LogP contribution in [0.4, 0.5) is 5.69 Å². The fourth-order valence-electron chi connectivity index (χ4n) is 2.28. The van der Waals surface area contributed by atoms with E-state index < -0.39 is 0 Å². The lowest BCUT2D eigenvalue weighted by atomic mass is 10.0. The lowest BCUT2D eigenvalue weighted by Gasteiger charge is -2.05. The van der Waals surface area contributed by atoms with Crippen LogP contribution in [0.15, 0.2) is 54.5 Å². The third-order valence-electron chi connectivity index (χ3n) is 3.44. The maximum Gasteiger partial charge on any atom is 0.211 e. The molecular formula is C16H15IN2O. The lowest BCUT2D eigenvalue weighted by Crippen LogP contribution is -3.00. The highest BCUT2D eigenvalue weighted by Gasteiger charge is 2.26. The summed E-state index contributed by atoms with van der Waals surface area (Å²) in [6.07, 6.45) is 3.96. The van der Waals surface area contributed by atoms with Gasteiger partial charge >= 0.3 is 0 Å². The third-order valence-corrected chi connectivity index (χ3v) is 3.44. The quantitative estimate of drug-likeness (QED) is 0.415. The van der Waals surface area contributed by atoms with Gasteiger partial charge in [0, 0.05) is 23.4 Å². The minimum Gasteiger partial charge on any atom is -1.00 e. The molecule has 0 saturated heterocycles. The van der Waals surface area contributed by atoms with Crippen molar-refractivity contribution in [1.82, 2.24) is 0 Å². The topological polar surface area (TPSA) is 33.0 Å². The Morgan fingerprint density at radius 1 is 1.10 bits per heavy atom. The van der Waals surface area contributed by atoms with E-state index in [1.54, 1.807) is 0 Å². The van der Waals surface area contributed by atoms with Gasteiger partial charge in [0.15, 0.2) is 12.4 Å². The van der Waals surface area contributed by atoms with E-state index in [2.05, 4.69) is 5.32 Å². The molecule has 1 N–H and O–H groups in total. The number of benzene rings is 1. The summed E-state index contributed by atoms with van der Waals surface area (Å²) in [6.45, 7) is 1.97. The fourth-order valence-corrected chi connectivity index (χ4v) is 2.28. The van der Waals surface area contributed by atoms with Gasteiger partial charge in [-0.25, -0.2) is 4.57 Å². The Balaban J connectivity index is 0.00000147. The van der Waals surface area contributed by atoms with Crippen LogP contribution in [-0.4, -0.2) is 5.78 Å². The van der Waals surface area contributed by atoms with E-state index in [-0.39, 0.29) is 29.8 Å². The van der Waals surface area contributed by atoms with Crippen LogP contribution < -0.4 is 33.9 Å². The summed E-state index contributed by atoms with van der Waals surface area (Å²) in [5.74, 6) is 0.0707. The molecular weight excluding hydrogens is 363 g/mol. The Labute approximate surface area is 135 Å². The number of aryl methyl sites for hydroxylation is 1. The number of anilines is 1. The molecule has 3 rings (SSSR count). The first kappa shape index (κ1) is 14.7. The number of allylic oxidation sites excluding steroid dienone is 2. The van der Waals surface area contributed by atoms with Gasteiger partial charge in [0.1, 0.15) is 7.05 Å². The Bertz CT molecular complexity index is 690. The number of Topliss-reactive ketones (excluding diaryl/α,β-unsaturated/α-hetero) is 1. The number of para-hydroxylation sites is 1. The van der Waals surface area contributed by atoms with E-state index >= 15 is 0 Å². The summed E-state index contributed by atoms with van der Waals surface area (Å²) >= 11 is 0. The number of rotatable bonds is 1. The SMILES string of the molecule is CC(=C1Nc2ccccc2C1=O)c1cc[n+](C)cc1.[I-]. The van der Waals surface area contributed by atoms with Crippen molar-refractivity contribution >= 4 is 17.0 Å². The van der Waals surface area contributed by atoms with Gasteiger partial charge in [0.05, 0.1) is 5.70 Å². The van der Waals surface area contributed by atoms with Gasteiger partial charge in [-0.1, -0.05) is 12.1 Å². The van der Waals surface area contributed by atoms with Crippen LogP contribution >= 0.6 is 0 Å². The molecule has 1 aliphatic rings. The van der Waals surface area contributed by atoms with Gasteiger partial charge in [0.25, 0.3) is 0 Å². The summed E-state index contributed by atoms with van der Waals surface area (Å²) in [6, 6.07) is 11.6. The molecule has 0 unspecified atom stereocenters. The monoisotopic (exact) mass is 378 g/mol. The molecule has 0 amide bonds. The van der Waals surface area contributed by atoms with Gasteiger partial charge < -0.3 is 29.3 Å². The maximum atomic E-state index is 12.4. The van der Waals surface area contributed by atoms with Crippen molar-refractivity contribution in [3.05, 3.63) is 65.6 Å². The number of halogens is 1. The van der Waals surface area contributed by atoms with Crippen molar-refractivity contribution < 1.29 is 33.3 Å². The Kier molecular flexibility index (Phi) is 4.23. The molecule has 0 atom stereocenters. The van der Waals surface area contributed by atoms with Gasteiger partial charge in [-0.2, -0.15) is 0 Å². The number of hydrogen-bond acceptors (Lipinski definition) is 2. The number of fused-ring (bicyclic) bond motifs is 1. The molecule has 4 heteroatoms. The van der Waals surface area contributed by atoms with Crippen molar-refractivity contribution in [2.24, 2.45) is 7.05 Å². The number of aromatic nitrogens is 1. The molecule has 0 fully saturated rings. The predicted octanol–water partition coefficient (Wildman–Crippen LogP) is -0.445. The van der Waals surface area contributed by atoms with Crippen LogP contribution in [0.25, 0.3) is 5.57 Å².